The van der Waals surface area contributed by atoms with Crippen LogP contribution in [0.4, 0.5) is 5.69 Å². The first-order valence-electron chi connectivity index (χ1n) is 8.35. The molecule has 0 bridgehead atoms. The van der Waals surface area contributed by atoms with Crippen LogP contribution < -0.4 is 4.90 Å². The first-order chi connectivity index (χ1) is 12.5. The number of anilines is 1. The Labute approximate surface area is 162 Å². The summed E-state index contributed by atoms with van der Waals surface area (Å²) in [4.78, 5) is 15.4. The molecule has 4 rings (SSSR count). The third kappa shape index (κ3) is 2.68. The van der Waals surface area contributed by atoms with E-state index >= 15 is 0 Å². The molecule has 0 unspecified atom stereocenters. The van der Waals surface area contributed by atoms with E-state index in [0.717, 1.165) is 33.3 Å². The molecule has 5 heteroatoms. The van der Waals surface area contributed by atoms with Gasteiger partial charge in [-0.2, -0.15) is 0 Å². The predicted molar refractivity (Wildman–Crippen MR) is 114 cm³/mol. The minimum Gasteiger partial charge on any atom is -0.350 e. The fourth-order valence-corrected chi connectivity index (χ4v) is 4.71. The molecular formula is C21H18N2OS2. The molecule has 3 nitrogen and oxygen atoms in total. The zero-order chi connectivity index (χ0) is 18.4. The van der Waals surface area contributed by atoms with Gasteiger partial charge in [-0.15, -0.1) is 0 Å². The molecule has 2 aromatic carbocycles. The number of aromatic nitrogens is 1. The van der Waals surface area contributed by atoms with Gasteiger partial charge in [-0.3, -0.25) is 9.69 Å². The van der Waals surface area contributed by atoms with Crippen LogP contribution in [0.3, 0.4) is 0 Å². The van der Waals surface area contributed by atoms with Crippen molar-refractivity contribution in [3.63, 3.8) is 0 Å². The van der Waals surface area contributed by atoms with Crippen molar-refractivity contribution in [1.29, 1.82) is 0 Å². The van der Waals surface area contributed by atoms with Crippen LogP contribution in [0.5, 0.6) is 0 Å². The molecule has 0 radical (unpaired) electrons. The number of carbonyl (C=O) groups is 1. The van der Waals surface area contributed by atoms with Crippen molar-refractivity contribution in [3.05, 3.63) is 70.3 Å². The van der Waals surface area contributed by atoms with Crippen molar-refractivity contribution in [2.75, 3.05) is 4.90 Å². The summed E-state index contributed by atoms with van der Waals surface area (Å²) in [7, 11) is 2.02. The summed E-state index contributed by atoms with van der Waals surface area (Å²) >= 11 is 6.90. The van der Waals surface area contributed by atoms with Crippen molar-refractivity contribution < 1.29 is 4.79 Å². The molecule has 0 N–H and O–H groups in total. The molecule has 130 valence electrons. The van der Waals surface area contributed by atoms with Crippen molar-refractivity contribution in [2.24, 2.45) is 7.05 Å². The van der Waals surface area contributed by atoms with Crippen LogP contribution in [0.15, 0.2) is 53.6 Å². The maximum absolute atomic E-state index is 13.1. The van der Waals surface area contributed by atoms with E-state index in [1.165, 1.54) is 11.8 Å². The van der Waals surface area contributed by atoms with Crippen LogP contribution in [-0.2, 0) is 11.8 Å². The molecule has 3 aromatic rings. The molecule has 1 aliphatic heterocycles. The number of nitrogens with zero attached hydrogens (tertiary/aromatic N) is 2. The Morgan fingerprint density at radius 1 is 1.04 bits per heavy atom. The van der Waals surface area contributed by atoms with E-state index in [1.807, 2.05) is 57.3 Å². The molecule has 0 saturated carbocycles. The van der Waals surface area contributed by atoms with Gasteiger partial charge in [0.2, 0.25) is 0 Å². The monoisotopic (exact) mass is 378 g/mol. The topological polar surface area (TPSA) is 25.2 Å². The number of benzene rings is 2. The molecule has 1 aliphatic rings. The van der Waals surface area contributed by atoms with E-state index < -0.39 is 0 Å². The molecular weight excluding hydrogens is 360 g/mol. The minimum absolute atomic E-state index is 0.0506. The number of fused-ring (bicyclic) bond motifs is 1. The number of thioether (sulfide) groups is 1. The van der Waals surface area contributed by atoms with Gasteiger partial charge in [-0.25, -0.2) is 0 Å². The molecule has 1 fully saturated rings. The van der Waals surface area contributed by atoms with Gasteiger partial charge >= 0.3 is 0 Å². The van der Waals surface area contributed by atoms with Gasteiger partial charge < -0.3 is 4.57 Å². The van der Waals surface area contributed by atoms with Crippen molar-refractivity contribution in [2.45, 2.75) is 13.8 Å². The van der Waals surface area contributed by atoms with E-state index in [4.69, 9.17) is 12.2 Å². The lowest BCUT2D eigenvalue weighted by atomic mass is 10.1. The van der Waals surface area contributed by atoms with Gasteiger partial charge in [-0.1, -0.05) is 60.4 Å². The first-order valence-corrected chi connectivity index (χ1v) is 9.58. The SMILES string of the molecule is Cc1cccc(C)c1N1C(=O)/C(=C/c2cn(C)c3ccccc23)SC1=S. The Hall–Kier alpha value is -2.37. The number of rotatable bonds is 2. The van der Waals surface area contributed by atoms with E-state index in [2.05, 4.69) is 22.9 Å². The number of carbonyl (C=O) groups excluding carboxylic acids is 1. The van der Waals surface area contributed by atoms with E-state index in [1.54, 1.807) is 4.90 Å². The lowest BCUT2D eigenvalue weighted by Crippen LogP contribution is -2.29. The largest absolute Gasteiger partial charge is 0.350 e. The number of hydrogen-bond donors (Lipinski definition) is 0. The Kier molecular flexibility index (Phi) is 4.21. The Balaban J connectivity index is 1.79. The molecule has 26 heavy (non-hydrogen) atoms. The highest BCUT2D eigenvalue weighted by Gasteiger charge is 2.35. The summed E-state index contributed by atoms with van der Waals surface area (Å²) in [6.45, 7) is 4.02. The van der Waals surface area contributed by atoms with Crippen molar-refractivity contribution in [3.8, 4) is 0 Å². The van der Waals surface area contributed by atoms with Gasteiger partial charge in [0, 0.05) is 29.7 Å². The highest BCUT2D eigenvalue weighted by Crippen LogP contribution is 2.39. The first kappa shape index (κ1) is 17.1. The lowest BCUT2D eigenvalue weighted by molar-refractivity contribution is -0.113. The highest BCUT2D eigenvalue weighted by molar-refractivity contribution is 8.27. The minimum atomic E-state index is -0.0506. The molecule has 1 aromatic heterocycles. The molecule has 0 spiro atoms. The summed E-state index contributed by atoms with van der Waals surface area (Å²) in [5, 5.41) is 1.13. The zero-order valence-corrected chi connectivity index (χ0v) is 16.4. The van der Waals surface area contributed by atoms with E-state index in [0.29, 0.717) is 9.23 Å². The molecule has 1 amide bonds. The number of hydrogen-bond acceptors (Lipinski definition) is 3. The van der Waals surface area contributed by atoms with Crippen LogP contribution in [-0.4, -0.2) is 14.8 Å². The molecule has 1 saturated heterocycles. The number of aryl methyl sites for hydroxylation is 3. The second-order valence-corrected chi connectivity index (χ2v) is 8.15. The van der Waals surface area contributed by atoms with Gasteiger partial charge in [0.15, 0.2) is 4.32 Å². The Bertz CT molecular complexity index is 1070. The third-order valence-corrected chi connectivity index (χ3v) is 5.97. The summed E-state index contributed by atoms with van der Waals surface area (Å²) in [5.74, 6) is -0.0506. The van der Waals surface area contributed by atoms with Gasteiger partial charge in [0.1, 0.15) is 0 Å². The highest BCUT2D eigenvalue weighted by atomic mass is 32.2. The van der Waals surface area contributed by atoms with Crippen LogP contribution in [0.25, 0.3) is 17.0 Å². The van der Waals surface area contributed by atoms with Gasteiger partial charge in [0.25, 0.3) is 5.91 Å². The second-order valence-electron chi connectivity index (χ2n) is 6.47. The Morgan fingerprint density at radius 3 is 2.46 bits per heavy atom. The zero-order valence-electron chi connectivity index (χ0n) is 14.8. The van der Waals surface area contributed by atoms with Crippen molar-refractivity contribution in [1.82, 2.24) is 4.57 Å². The fraction of sp³-hybridized carbons (Fsp3) is 0.143. The van der Waals surface area contributed by atoms with Gasteiger partial charge in [0.05, 0.1) is 10.6 Å². The third-order valence-electron chi connectivity index (χ3n) is 4.67. The molecule has 0 atom stereocenters. The summed E-state index contributed by atoms with van der Waals surface area (Å²) in [5.41, 5.74) is 5.17. The van der Waals surface area contributed by atoms with Crippen LogP contribution in [0, 0.1) is 13.8 Å². The average Bonchev–Trinajstić information content (AvgIpc) is 3.07. The quantitative estimate of drug-likeness (QED) is 0.453. The van der Waals surface area contributed by atoms with Crippen LogP contribution in [0.1, 0.15) is 16.7 Å². The fourth-order valence-electron chi connectivity index (χ4n) is 3.45. The van der Waals surface area contributed by atoms with Crippen LogP contribution >= 0.6 is 24.0 Å². The summed E-state index contributed by atoms with van der Waals surface area (Å²) in [6.07, 6.45) is 4.01. The normalized spacial score (nSPS) is 16.3. The molecule has 0 aliphatic carbocycles. The average molecular weight is 379 g/mol. The lowest BCUT2D eigenvalue weighted by Gasteiger charge is -2.19. The van der Waals surface area contributed by atoms with Crippen molar-refractivity contribution >= 4 is 56.9 Å². The summed E-state index contributed by atoms with van der Waals surface area (Å²) in [6, 6.07) is 14.2. The smallest absolute Gasteiger partial charge is 0.270 e. The maximum atomic E-state index is 13.1. The van der Waals surface area contributed by atoms with Gasteiger partial charge in [-0.05, 0) is 37.1 Å². The van der Waals surface area contributed by atoms with E-state index in [9.17, 15) is 4.79 Å². The van der Waals surface area contributed by atoms with Crippen LogP contribution in [0.2, 0.25) is 0 Å². The summed E-state index contributed by atoms with van der Waals surface area (Å²) < 4.78 is 2.66. The predicted octanol–water partition coefficient (Wildman–Crippen LogP) is 5.20. The second kappa shape index (κ2) is 6.41. The van der Waals surface area contributed by atoms with E-state index in [-0.39, 0.29) is 5.91 Å². The maximum Gasteiger partial charge on any atom is 0.270 e. The number of thiocarbonyl (C=S) groups is 1. The molecule has 2 heterocycles. The number of para-hydroxylation sites is 2. The number of amides is 1. The Morgan fingerprint density at radius 2 is 1.73 bits per heavy atom. The standard InChI is InChI=1S/C21H18N2OS2/c1-13-7-6-8-14(2)19(13)23-20(24)18(26-21(23)25)11-15-12-22(3)17-10-5-4-9-16(15)17/h4-12H,1-3H3/b18-11-.